The van der Waals surface area contributed by atoms with Crippen molar-refractivity contribution in [2.45, 2.75) is 11.5 Å². The van der Waals surface area contributed by atoms with E-state index >= 15 is 0 Å². The number of hydrogen-bond donors (Lipinski definition) is 1. The minimum Gasteiger partial charge on any atom is -0.451 e. The Morgan fingerprint density at radius 2 is 1.84 bits per heavy atom. The molecule has 0 unspecified atom stereocenters. The molecule has 0 saturated carbocycles. The summed E-state index contributed by atoms with van der Waals surface area (Å²) in [5.74, 6) is -0.312. The number of piperazine rings is 1. The van der Waals surface area contributed by atoms with Gasteiger partial charge in [-0.2, -0.15) is 4.31 Å². The van der Waals surface area contributed by atoms with Gasteiger partial charge in [0.1, 0.15) is 5.58 Å². The molecule has 1 amide bonds. The van der Waals surface area contributed by atoms with Crippen LogP contribution in [0, 0.1) is 0 Å². The van der Waals surface area contributed by atoms with E-state index < -0.39 is 15.9 Å². The van der Waals surface area contributed by atoms with Gasteiger partial charge in [0.25, 0.3) is 5.91 Å². The van der Waals surface area contributed by atoms with E-state index in [0.29, 0.717) is 43.0 Å². The number of amides is 1. The summed E-state index contributed by atoms with van der Waals surface area (Å²) in [6.45, 7) is 2.47. The third-order valence-electron chi connectivity index (χ3n) is 5.39. The smallest absolute Gasteiger partial charge is 0.291 e. The summed E-state index contributed by atoms with van der Waals surface area (Å²) in [5.41, 5.74) is 1.62. The number of ether oxygens (including phenoxy) is 1. The molecule has 1 fully saturated rings. The molecule has 1 aromatic heterocycles. The first-order valence-corrected chi connectivity index (χ1v) is 11.4. The zero-order valence-corrected chi connectivity index (χ0v) is 18.3. The molecule has 1 N–H and O–H groups in total. The van der Waals surface area contributed by atoms with Gasteiger partial charge < -0.3 is 19.4 Å². The molecule has 1 aliphatic heterocycles. The fourth-order valence-electron chi connectivity index (χ4n) is 3.67. The molecule has 1 saturated heterocycles. The summed E-state index contributed by atoms with van der Waals surface area (Å²) >= 11 is 0. The van der Waals surface area contributed by atoms with Gasteiger partial charge in [-0.25, -0.2) is 8.42 Å². The molecule has 0 bridgehead atoms. The van der Waals surface area contributed by atoms with E-state index in [4.69, 9.17) is 9.15 Å². The first kappa shape index (κ1) is 21.5. The van der Waals surface area contributed by atoms with E-state index in [1.54, 1.807) is 31.4 Å². The average Bonchev–Trinajstić information content (AvgIpc) is 3.13. The van der Waals surface area contributed by atoms with Gasteiger partial charge in [0.15, 0.2) is 5.76 Å². The number of sulfonamides is 1. The minimum atomic E-state index is -3.63. The number of methoxy groups -OCH3 is 1. The van der Waals surface area contributed by atoms with Crippen molar-refractivity contribution in [2.24, 2.45) is 0 Å². The molecule has 0 radical (unpaired) electrons. The number of rotatable bonds is 6. The number of carbonyl (C=O) groups excluding carboxylic acids is 1. The highest BCUT2D eigenvalue weighted by Gasteiger charge is 2.28. The Bertz CT molecular complexity index is 1200. The second kappa shape index (κ2) is 8.80. The summed E-state index contributed by atoms with van der Waals surface area (Å²) in [4.78, 5) is 15.2. The van der Waals surface area contributed by atoms with Gasteiger partial charge in [0.2, 0.25) is 10.0 Å². The maximum atomic E-state index is 13.0. The Balaban J connectivity index is 1.59. The van der Waals surface area contributed by atoms with Crippen LogP contribution < -0.4 is 5.32 Å². The van der Waals surface area contributed by atoms with Crippen LogP contribution in [0.2, 0.25) is 0 Å². The number of benzene rings is 2. The lowest BCUT2D eigenvalue weighted by Gasteiger charge is -2.31. The molecule has 8 nitrogen and oxygen atoms in total. The number of likely N-dealkylation sites (N-methyl/N-ethyl adjacent to an activating group) is 1. The van der Waals surface area contributed by atoms with Gasteiger partial charge in [-0.05, 0) is 31.3 Å². The van der Waals surface area contributed by atoms with Crippen LogP contribution in [0.25, 0.3) is 11.0 Å². The molecule has 31 heavy (non-hydrogen) atoms. The van der Waals surface area contributed by atoms with Crippen molar-refractivity contribution < 1.29 is 22.4 Å². The Hall–Kier alpha value is -2.72. The lowest BCUT2D eigenvalue weighted by Crippen LogP contribution is -2.47. The summed E-state index contributed by atoms with van der Waals surface area (Å²) in [5, 5.41) is 3.57. The van der Waals surface area contributed by atoms with Crippen molar-refractivity contribution in [3.63, 3.8) is 0 Å². The molecule has 164 valence electrons. The van der Waals surface area contributed by atoms with Crippen molar-refractivity contribution >= 4 is 32.6 Å². The Kier molecular flexibility index (Phi) is 6.10. The molecule has 0 spiro atoms. The van der Waals surface area contributed by atoms with Crippen molar-refractivity contribution in [1.82, 2.24) is 9.21 Å². The second-order valence-electron chi connectivity index (χ2n) is 7.53. The van der Waals surface area contributed by atoms with Crippen molar-refractivity contribution in [1.29, 1.82) is 0 Å². The van der Waals surface area contributed by atoms with Crippen molar-refractivity contribution in [3.05, 3.63) is 59.9 Å². The number of carbonyl (C=O) groups is 1. The number of nitrogens with one attached hydrogen (secondary N) is 1. The van der Waals surface area contributed by atoms with Gasteiger partial charge in [0.05, 0.1) is 11.5 Å². The van der Waals surface area contributed by atoms with Gasteiger partial charge in [0, 0.05) is 49.9 Å². The lowest BCUT2D eigenvalue weighted by molar-refractivity contribution is 0.0992. The van der Waals surface area contributed by atoms with Crippen molar-refractivity contribution in [3.8, 4) is 0 Å². The molecule has 1 aliphatic rings. The van der Waals surface area contributed by atoms with Crippen LogP contribution in [-0.2, 0) is 21.4 Å². The van der Waals surface area contributed by atoms with Crippen LogP contribution in [0.3, 0.4) is 0 Å². The van der Waals surface area contributed by atoms with Crippen LogP contribution in [0.5, 0.6) is 0 Å². The third kappa shape index (κ3) is 4.35. The van der Waals surface area contributed by atoms with Crippen molar-refractivity contribution in [2.75, 3.05) is 45.7 Å². The predicted molar refractivity (Wildman–Crippen MR) is 118 cm³/mol. The van der Waals surface area contributed by atoms with Crippen LogP contribution in [0.15, 0.2) is 57.8 Å². The van der Waals surface area contributed by atoms with E-state index in [-0.39, 0.29) is 17.3 Å². The SMILES string of the molecule is COCc1c(C(=O)Nc2cccc(S(=O)(=O)N3CCN(C)CC3)c2)oc2ccccc12. The number of anilines is 1. The zero-order chi connectivity index (χ0) is 22.0. The van der Waals surface area contributed by atoms with E-state index in [9.17, 15) is 13.2 Å². The highest BCUT2D eigenvalue weighted by molar-refractivity contribution is 7.89. The van der Waals surface area contributed by atoms with Crippen LogP contribution in [0.1, 0.15) is 16.1 Å². The number of hydrogen-bond acceptors (Lipinski definition) is 6. The molecule has 2 heterocycles. The quantitative estimate of drug-likeness (QED) is 0.630. The average molecular weight is 444 g/mol. The molecule has 3 aromatic rings. The van der Waals surface area contributed by atoms with Crippen LogP contribution >= 0.6 is 0 Å². The molecule has 0 aliphatic carbocycles. The molecule has 9 heteroatoms. The maximum absolute atomic E-state index is 13.0. The maximum Gasteiger partial charge on any atom is 0.291 e. The lowest BCUT2D eigenvalue weighted by atomic mass is 10.1. The number of nitrogens with zero attached hydrogens (tertiary/aromatic N) is 2. The van der Waals surface area contributed by atoms with Crippen LogP contribution in [-0.4, -0.2) is 63.9 Å². The Morgan fingerprint density at radius 3 is 2.58 bits per heavy atom. The molecular weight excluding hydrogens is 418 g/mol. The first-order chi connectivity index (χ1) is 14.9. The van der Waals surface area contributed by atoms with Gasteiger partial charge in [-0.3, -0.25) is 4.79 Å². The van der Waals surface area contributed by atoms with E-state index in [1.807, 2.05) is 25.2 Å². The third-order valence-corrected chi connectivity index (χ3v) is 7.28. The zero-order valence-electron chi connectivity index (χ0n) is 17.5. The highest BCUT2D eigenvalue weighted by atomic mass is 32.2. The Morgan fingerprint density at radius 1 is 1.10 bits per heavy atom. The largest absolute Gasteiger partial charge is 0.451 e. The first-order valence-electron chi connectivity index (χ1n) is 9.99. The summed E-state index contributed by atoms with van der Waals surface area (Å²) in [6, 6.07) is 13.6. The van der Waals surface area contributed by atoms with E-state index in [0.717, 1.165) is 5.39 Å². The second-order valence-corrected chi connectivity index (χ2v) is 9.47. The van der Waals surface area contributed by atoms with E-state index in [2.05, 4.69) is 10.2 Å². The van der Waals surface area contributed by atoms with E-state index in [1.165, 1.54) is 10.4 Å². The molecule has 4 rings (SSSR count). The number of furan rings is 1. The fraction of sp³-hybridized carbons (Fsp3) is 0.318. The standard InChI is InChI=1S/C22H25N3O5S/c1-24-10-12-25(13-11-24)31(27,28)17-7-5-6-16(14-17)23-22(26)21-19(15-29-2)18-8-3-4-9-20(18)30-21/h3-9,14H,10-13,15H2,1-2H3,(H,23,26). The summed E-state index contributed by atoms with van der Waals surface area (Å²) < 4.78 is 38.5. The summed E-state index contributed by atoms with van der Waals surface area (Å²) in [7, 11) is -0.114. The molecular formula is C22H25N3O5S. The summed E-state index contributed by atoms with van der Waals surface area (Å²) in [6.07, 6.45) is 0. The minimum absolute atomic E-state index is 0.148. The predicted octanol–water partition coefficient (Wildman–Crippen LogP) is 2.77. The fourth-order valence-corrected chi connectivity index (χ4v) is 5.14. The number of fused-ring (bicyclic) bond motifs is 1. The van der Waals surface area contributed by atoms with Gasteiger partial charge in [-0.15, -0.1) is 0 Å². The number of para-hydroxylation sites is 1. The normalized spacial score (nSPS) is 15.9. The highest BCUT2D eigenvalue weighted by Crippen LogP contribution is 2.28. The van der Waals surface area contributed by atoms with Crippen LogP contribution in [0.4, 0.5) is 5.69 Å². The molecule has 2 aromatic carbocycles. The van der Waals surface area contributed by atoms with Gasteiger partial charge >= 0.3 is 0 Å². The monoisotopic (exact) mass is 443 g/mol. The Labute approximate surface area is 181 Å². The van der Waals surface area contributed by atoms with Gasteiger partial charge in [-0.1, -0.05) is 24.3 Å². The molecule has 0 atom stereocenters. The topological polar surface area (TPSA) is 92.1 Å².